The SMILES string of the molecule is CC(C)Oc1cccc(C(N)C(C)C2CC2)c1. The number of hydrogen-bond donors (Lipinski definition) is 1. The van der Waals surface area contributed by atoms with Crippen LogP contribution in [0.5, 0.6) is 5.75 Å². The Morgan fingerprint density at radius 2 is 1.94 bits per heavy atom. The molecule has 1 aromatic carbocycles. The summed E-state index contributed by atoms with van der Waals surface area (Å²) in [5.41, 5.74) is 7.52. The van der Waals surface area contributed by atoms with E-state index in [2.05, 4.69) is 19.1 Å². The number of rotatable bonds is 5. The molecule has 94 valence electrons. The smallest absolute Gasteiger partial charge is 0.120 e. The summed E-state index contributed by atoms with van der Waals surface area (Å²) >= 11 is 0. The maximum Gasteiger partial charge on any atom is 0.120 e. The van der Waals surface area contributed by atoms with E-state index in [4.69, 9.17) is 10.5 Å². The third-order valence-corrected chi connectivity index (χ3v) is 3.55. The van der Waals surface area contributed by atoms with Crippen LogP contribution >= 0.6 is 0 Å². The molecule has 0 bridgehead atoms. The fraction of sp³-hybridized carbons (Fsp3) is 0.600. The van der Waals surface area contributed by atoms with Gasteiger partial charge in [0.25, 0.3) is 0 Å². The lowest BCUT2D eigenvalue weighted by Crippen LogP contribution is -2.20. The van der Waals surface area contributed by atoms with Crippen LogP contribution in [-0.4, -0.2) is 6.10 Å². The van der Waals surface area contributed by atoms with Gasteiger partial charge in [0.1, 0.15) is 5.75 Å². The highest BCUT2D eigenvalue weighted by atomic mass is 16.5. The van der Waals surface area contributed by atoms with Crippen molar-refractivity contribution in [1.82, 2.24) is 0 Å². The lowest BCUT2D eigenvalue weighted by Gasteiger charge is -2.21. The second-order valence-corrected chi connectivity index (χ2v) is 5.46. The number of ether oxygens (including phenoxy) is 1. The standard InChI is InChI=1S/C15H23NO/c1-10(2)17-14-6-4-5-13(9-14)15(16)11(3)12-7-8-12/h4-6,9-12,15H,7-8,16H2,1-3H3. The summed E-state index contributed by atoms with van der Waals surface area (Å²) in [5.74, 6) is 2.33. The van der Waals surface area contributed by atoms with Crippen LogP contribution in [-0.2, 0) is 0 Å². The Labute approximate surface area is 104 Å². The summed E-state index contributed by atoms with van der Waals surface area (Å²) in [5, 5.41) is 0. The summed E-state index contributed by atoms with van der Waals surface area (Å²) in [6.07, 6.45) is 2.90. The highest BCUT2D eigenvalue weighted by Gasteiger charge is 2.32. The minimum absolute atomic E-state index is 0.137. The average molecular weight is 233 g/mol. The summed E-state index contributed by atoms with van der Waals surface area (Å²) in [7, 11) is 0. The molecule has 2 atom stereocenters. The monoisotopic (exact) mass is 233 g/mol. The first-order valence-electron chi connectivity index (χ1n) is 6.60. The maximum absolute atomic E-state index is 6.32. The highest BCUT2D eigenvalue weighted by molar-refractivity contribution is 5.31. The Bertz CT molecular complexity index is 371. The molecule has 0 heterocycles. The van der Waals surface area contributed by atoms with Crippen molar-refractivity contribution in [1.29, 1.82) is 0 Å². The molecule has 0 aromatic heterocycles. The fourth-order valence-electron chi connectivity index (χ4n) is 2.29. The second kappa shape index (κ2) is 5.09. The van der Waals surface area contributed by atoms with E-state index in [0.717, 1.165) is 11.7 Å². The zero-order valence-corrected chi connectivity index (χ0v) is 11.0. The summed E-state index contributed by atoms with van der Waals surface area (Å²) in [4.78, 5) is 0. The van der Waals surface area contributed by atoms with Crippen molar-refractivity contribution in [2.24, 2.45) is 17.6 Å². The first-order chi connectivity index (χ1) is 8.08. The van der Waals surface area contributed by atoms with Gasteiger partial charge in [-0.1, -0.05) is 19.1 Å². The molecular weight excluding hydrogens is 210 g/mol. The van der Waals surface area contributed by atoms with Crippen LogP contribution in [0.15, 0.2) is 24.3 Å². The third-order valence-electron chi connectivity index (χ3n) is 3.55. The maximum atomic E-state index is 6.32. The summed E-state index contributed by atoms with van der Waals surface area (Å²) < 4.78 is 5.71. The molecular formula is C15H23NO. The van der Waals surface area contributed by atoms with Crippen LogP contribution < -0.4 is 10.5 Å². The van der Waals surface area contributed by atoms with Crippen molar-refractivity contribution < 1.29 is 4.74 Å². The van der Waals surface area contributed by atoms with Crippen molar-refractivity contribution in [3.8, 4) is 5.75 Å². The van der Waals surface area contributed by atoms with Crippen LogP contribution in [0, 0.1) is 11.8 Å². The highest BCUT2D eigenvalue weighted by Crippen LogP contribution is 2.42. The van der Waals surface area contributed by atoms with E-state index in [9.17, 15) is 0 Å². The number of benzene rings is 1. The Morgan fingerprint density at radius 3 is 2.53 bits per heavy atom. The molecule has 0 saturated heterocycles. The van der Waals surface area contributed by atoms with Gasteiger partial charge in [-0.15, -0.1) is 0 Å². The van der Waals surface area contributed by atoms with Gasteiger partial charge in [-0.2, -0.15) is 0 Å². The predicted molar refractivity (Wildman–Crippen MR) is 71.0 cm³/mol. The van der Waals surface area contributed by atoms with Crippen LogP contribution in [0.3, 0.4) is 0 Å². The fourth-order valence-corrected chi connectivity index (χ4v) is 2.29. The zero-order valence-electron chi connectivity index (χ0n) is 11.0. The van der Waals surface area contributed by atoms with E-state index in [1.165, 1.54) is 18.4 Å². The van der Waals surface area contributed by atoms with Gasteiger partial charge in [-0.3, -0.25) is 0 Å². The van der Waals surface area contributed by atoms with Crippen molar-refractivity contribution in [3.05, 3.63) is 29.8 Å². The van der Waals surface area contributed by atoms with E-state index >= 15 is 0 Å². The normalized spacial score (nSPS) is 19.1. The Morgan fingerprint density at radius 1 is 1.24 bits per heavy atom. The third kappa shape index (κ3) is 3.22. The Hall–Kier alpha value is -1.02. The largest absolute Gasteiger partial charge is 0.491 e. The molecule has 2 unspecified atom stereocenters. The Balaban J connectivity index is 2.08. The molecule has 1 fully saturated rings. The van der Waals surface area contributed by atoms with Crippen molar-refractivity contribution in [3.63, 3.8) is 0 Å². The molecule has 0 radical (unpaired) electrons. The average Bonchev–Trinajstić information content (AvgIpc) is 3.10. The molecule has 0 spiro atoms. The zero-order chi connectivity index (χ0) is 12.4. The van der Waals surface area contributed by atoms with E-state index in [1.54, 1.807) is 0 Å². The molecule has 1 saturated carbocycles. The molecule has 1 aliphatic carbocycles. The Kier molecular flexibility index (Phi) is 3.72. The molecule has 0 amide bonds. The molecule has 1 aliphatic rings. The van der Waals surface area contributed by atoms with Crippen LogP contribution in [0.4, 0.5) is 0 Å². The van der Waals surface area contributed by atoms with Gasteiger partial charge >= 0.3 is 0 Å². The number of nitrogens with two attached hydrogens (primary N) is 1. The minimum atomic E-state index is 0.137. The molecule has 0 aliphatic heterocycles. The van der Waals surface area contributed by atoms with E-state index < -0.39 is 0 Å². The van der Waals surface area contributed by atoms with Crippen LogP contribution in [0.2, 0.25) is 0 Å². The quantitative estimate of drug-likeness (QED) is 0.844. The van der Waals surface area contributed by atoms with Gasteiger partial charge in [-0.05, 0) is 56.2 Å². The van der Waals surface area contributed by atoms with E-state index in [0.29, 0.717) is 5.92 Å². The van der Waals surface area contributed by atoms with E-state index in [-0.39, 0.29) is 12.1 Å². The topological polar surface area (TPSA) is 35.2 Å². The van der Waals surface area contributed by atoms with Crippen LogP contribution in [0.25, 0.3) is 0 Å². The van der Waals surface area contributed by atoms with Gasteiger partial charge in [0.15, 0.2) is 0 Å². The van der Waals surface area contributed by atoms with Gasteiger partial charge in [0, 0.05) is 6.04 Å². The van der Waals surface area contributed by atoms with E-state index in [1.807, 2.05) is 26.0 Å². The van der Waals surface area contributed by atoms with Gasteiger partial charge < -0.3 is 10.5 Å². The lowest BCUT2D eigenvalue weighted by molar-refractivity contribution is 0.242. The second-order valence-electron chi connectivity index (χ2n) is 5.46. The molecule has 2 N–H and O–H groups in total. The lowest BCUT2D eigenvalue weighted by atomic mass is 9.91. The molecule has 2 rings (SSSR count). The van der Waals surface area contributed by atoms with Crippen molar-refractivity contribution in [2.45, 2.75) is 45.8 Å². The summed E-state index contributed by atoms with van der Waals surface area (Å²) in [6, 6.07) is 8.36. The van der Waals surface area contributed by atoms with Crippen molar-refractivity contribution >= 4 is 0 Å². The summed E-state index contributed by atoms with van der Waals surface area (Å²) in [6.45, 7) is 6.34. The first kappa shape index (κ1) is 12.4. The van der Waals surface area contributed by atoms with Crippen molar-refractivity contribution in [2.75, 3.05) is 0 Å². The molecule has 17 heavy (non-hydrogen) atoms. The van der Waals surface area contributed by atoms with Gasteiger partial charge in [0.05, 0.1) is 6.10 Å². The number of hydrogen-bond acceptors (Lipinski definition) is 2. The molecule has 2 heteroatoms. The minimum Gasteiger partial charge on any atom is -0.491 e. The predicted octanol–water partition coefficient (Wildman–Crippen LogP) is 3.52. The first-order valence-corrected chi connectivity index (χ1v) is 6.60. The van der Waals surface area contributed by atoms with Crippen LogP contribution in [0.1, 0.15) is 45.2 Å². The molecule has 2 nitrogen and oxygen atoms in total. The molecule has 1 aromatic rings. The van der Waals surface area contributed by atoms with Gasteiger partial charge in [-0.25, -0.2) is 0 Å². The van der Waals surface area contributed by atoms with Gasteiger partial charge in [0.2, 0.25) is 0 Å².